The summed E-state index contributed by atoms with van der Waals surface area (Å²) < 4.78 is 11.6. The fraction of sp³-hybridized carbons (Fsp3) is 0.241. The van der Waals surface area contributed by atoms with Crippen LogP contribution in [0.2, 0.25) is 4.34 Å². The molecule has 1 atom stereocenters. The van der Waals surface area contributed by atoms with Crippen molar-refractivity contribution in [2.24, 2.45) is 0 Å². The van der Waals surface area contributed by atoms with Crippen molar-refractivity contribution in [2.45, 2.75) is 38.2 Å². The van der Waals surface area contributed by atoms with E-state index in [9.17, 15) is 9.59 Å². The summed E-state index contributed by atoms with van der Waals surface area (Å²) in [4.78, 5) is 27.4. The van der Waals surface area contributed by atoms with Gasteiger partial charge in [0, 0.05) is 10.4 Å². The van der Waals surface area contributed by atoms with E-state index < -0.39 is 11.5 Å². The number of amides is 1. The van der Waals surface area contributed by atoms with Crippen LogP contribution in [0.5, 0.6) is 0 Å². The molecule has 0 bridgehead atoms. The average molecular weight is 552 g/mol. The van der Waals surface area contributed by atoms with Crippen molar-refractivity contribution in [1.29, 1.82) is 0 Å². The second kappa shape index (κ2) is 10.7. The van der Waals surface area contributed by atoms with Gasteiger partial charge in [0.05, 0.1) is 26.9 Å². The molecule has 2 aromatic carbocycles. The first-order valence-corrected chi connectivity index (χ1v) is 14.2. The SMILES string of the molecule is CCOC(=O)C1(c2ccc(-c3ccccc3)c(-c3sc(Cl)cc3NC(=O)OC(C)c3cccs3)c2)CC1. The Kier molecular flexibility index (Phi) is 7.38. The Morgan fingerprint density at radius 2 is 1.84 bits per heavy atom. The maximum atomic E-state index is 12.8. The molecule has 5 nitrogen and oxygen atoms in total. The molecule has 1 saturated carbocycles. The number of ether oxygens (including phenoxy) is 2. The molecule has 1 aliphatic rings. The summed E-state index contributed by atoms with van der Waals surface area (Å²) in [6.07, 6.45) is 0.567. The molecule has 5 rings (SSSR count). The lowest BCUT2D eigenvalue weighted by Crippen LogP contribution is -2.23. The second-order valence-electron chi connectivity index (χ2n) is 8.91. The highest BCUT2D eigenvalue weighted by molar-refractivity contribution is 7.20. The van der Waals surface area contributed by atoms with Crippen LogP contribution in [0.3, 0.4) is 0 Å². The van der Waals surface area contributed by atoms with Crippen LogP contribution in [-0.4, -0.2) is 18.7 Å². The van der Waals surface area contributed by atoms with Gasteiger partial charge in [-0.2, -0.15) is 0 Å². The summed E-state index contributed by atoms with van der Waals surface area (Å²) in [5.74, 6) is -0.192. The van der Waals surface area contributed by atoms with Gasteiger partial charge in [-0.15, -0.1) is 22.7 Å². The van der Waals surface area contributed by atoms with Gasteiger partial charge >= 0.3 is 12.1 Å². The fourth-order valence-electron chi connectivity index (χ4n) is 4.44. The van der Waals surface area contributed by atoms with E-state index in [1.54, 1.807) is 6.07 Å². The van der Waals surface area contributed by atoms with Crippen molar-refractivity contribution in [1.82, 2.24) is 0 Å². The molecular formula is C29H26ClNO4S2. The van der Waals surface area contributed by atoms with Gasteiger partial charge in [0.1, 0.15) is 6.10 Å². The molecule has 1 amide bonds. The normalized spacial score (nSPS) is 14.6. The zero-order chi connectivity index (χ0) is 26.0. The number of rotatable bonds is 8. The van der Waals surface area contributed by atoms with Crippen molar-refractivity contribution in [2.75, 3.05) is 11.9 Å². The summed E-state index contributed by atoms with van der Waals surface area (Å²) in [6.45, 7) is 4.01. The molecule has 0 spiro atoms. The number of thiophene rings is 2. The highest BCUT2D eigenvalue weighted by Gasteiger charge is 2.53. The van der Waals surface area contributed by atoms with E-state index in [1.165, 1.54) is 22.7 Å². The minimum absolute atomic E-state index is 0.192. The lowest BCUT2D eigenvalue weighted by atomic mass is 9.89. The van der Waals surface area contributed by atoms with Gasteiger partial charge in [-0.05, 0) is 67.0 Å². The molecule has 0 radical (unpaired) electrons. The van der Waals surface area contributed by atoms with Gasteiger partial charge in [-0.25, -0.2) is 4.79 Å². The van der Waals surface area contributed by atoms with Gasteiger partial charge in [-0.3, -0.25) is 10.1 Å². The van der Waals surface area contributed by atoms with Crippen LogP contribution in [0.4, 0.5) is 10.5 Å². The first-order chi connectivity index (χ1) is 17.9. The van der Waals surface area contributed by atoms with E-state index in [2.05, 4.69) is 5.32 Å². The Morgan fingerprint density at radius 3 is 2.51 bits per heavy atom. The number of halogens is 1. The summed E-state index contributed by atoms with van der Waals surface area (Å²) >= 11 is 9.38. The molecule has 0 saturated heterocycles. The molecule has 190 valence electrons. The highest BCUT2D eigenvalue weighted by atomic mass is 35.5. The Morgan fingerprint density at radius 1 is 1.05 bits per heavy atom. The Labute approximate surface area is 229 Å². The van der Waals surface area contributed by atoms with E-state index >= 15 is 0 Å². The number of hydrogen-bond donors (Lipinski definition) is 1. The molecule has 1 aliphatic carbocycles. The van der Waals surface area contributed by atoms with Gasteiger partial charge < -0.3 is 9.47 Å². The number of hydrogen-bond acceptors (Lipinski definition) is 6. The van der Waals surface area contributed by atoms with Crippen molar-refractivity contribution in [3.63, 3.8) is 0 Å². The second-order valence-corrected chi connectivity index (χ2v) is 11.6. The van der Waals surface area contributed by atoms with Crippen LogP contribution in [0, 0.1) is 0 Å². The van der Waals surface area contributed by atoms with Crippen LogP contribution < -0.4 is 5.32 Å². The number of nitrogens with one attached hydrogen (secondary N) is 1. The lowest BCUT2D eigenvalue weighted by Gasteiger charge is -2.18. The highest BCUT2D eigenvalue weighted by Crippen LogP contribution is 2.52. The fourth-order valence-corrected chi connectivity index (χ4v) is 6.36. The van der Waals surface area contributed by atoms with E-state index in [-0.39, 0.29) is 12.1 Å². The number of esters is 1. The van der Waals surface area contributed by atoms with Crippen LogP contribution >= 0.6 is 34.3 Å². The minimum atomic E-state index is -0.621. The third-order valence-electron chi connectivity index (χ3n) is 6.48. The molecular weight excluding hydrogens is 526 g/mol. The molecule has 4 aromatic rings. The molecule has 8 heteroatoms. The number of anilines is 1. The monoisotopic (exact) mass is 551 g/mol. The van der Waals surface area contributed by atoms with Gasteiger partial charge in [-0.1, -0.05) is 60.1 Å². The quantitative estimate of drug-likeness (QED) is 0.222. The maximum Gasteiger partial charge on any atom is 0.412 e. The zero-order valence-corrected chi connectivity index (χ0v) is 22.8. The molecule has 0 aliphatic heterocycles. The van der Waals surface area contributed by atoms with E-state index in [1.807, 2.05) is 79.9 Å². The standard InChI is InChI=1S/C29H26ClNO4S2/c1-3-34-27(32)29(13-14-29)20-11-12-21(19-8-5-4-6-9-19)22(16-20)26-23(17-25(30)37-26)31-28(33)35-18(2)24-10-7-15-36-24/h4-12,15-18H,3,13-14H2,1-2H3,(H,31,33). The molecule has 2 aromatic heterocycles. The first-order valence-electron chi connectivity index (χ1n) is 12.1. The first kappa shape index (κ1) is 25.5. The summed E-state index contributed by atoms with van der Waals surface area (Å²) in [5, 5.41) is 4.85. The predicted octanol–water partition coefficient (Wildman–Crippen LogP) is 8.70. The van der Waals surface area contributed by atoms with Gasteiger partial charge in [0.2, 0.25) is 0 Å². The summed E-state index contributed by atoms with van der Waals surface area (Å²) in [5.41, 5.74) is 3.74. The molecule has 1 N–H and O–H groups in total. The topological polar surface area (TPSA) is 64.6 Å². The smallest absolute Gasteiger partial charge is 0.412 e. The molecule has 2 heterocycles. The lowest BCUT2D eigenvalue weighted by molar-refractivity contribution is -0.146. The Balaban J connectivity index is 1.53. The number of carbonyl (C=O) groups is 2. The van der Waals surface area contributed by atoms with Crippen LogP contribution in [0.15, 0.2) is 72.1 Å². The van der Waals surface area contributed by atoms with Crippen molar-refractivity contribution < 1.29 is 19.1 Å². The molecule has 1 fully saturated rings. The van der Waals surface area contributed by atoms with Crippen LogP contribution in [-0.2, 0) is 19.7 Å². The van der Waals surface area contributed by atoms with Crippen LogP contribution in [0.25, 0.3) is 21.6 Å². The van der Waals surface area contributed by atoms with Gasteiger partial charge in [0.15, 0.2) is 0 Å². The number of carbonyl (C=O) groups excluding carboxylic acids is 2. The average Bonchev–Trinajstić information content (AvgIpc) is 3.35. The predicted molar refractivity (Wildman–Crippen MR) is 151 cm³/mol. The van der Waals surface area contributed by atoms with Crippen molar-refractivity contribution in [3.05, 3.63) is 86.9 Å². The Hall–Kier alpha value is -3.13. The van der Waals surface area contributed by atoms with E-state index in [4.69, 9.17) is 21.1 Å². The third kappa shape index (κ3) is 5.30. The Bertz CT molecular complexity index is 1410. The third-order valence-corrected chi connectivity index (χ3v) is 8.81. The number of benzene rings is 2. The molecule has 37 heavy (non-hydrogen) atoms. The largest absolute Gasteiger partial charge is 0.465 e. The summed E-state index contributed by atoms with van der Waals surface area (Å²) in [6, 6.07) is 21.7. The van der Waals surface area contributed by atoms with E-state index in [0.717, 1.165) is 44.8 Å². The van der Waals surface area contributed by atoms with Crippen molar-refractivity contribution in [3.8, 4) is 21.6 Å². The molecule has 1 unspecified atom stereocenters. The summed E-state index contributed by atoms with van der Waals surface area (Å²) in [7, 11) is 0. The van der Waals surface area contributed by atoms with E-state index in [0.29, 0.717) is 16.6 Å². The van der Waals surface area contributed by atoms with Crippen LogP contribution in [0.1, 0.15) is 43.2 Å². The minimum Gasteiger partial charge on any atom is -0.465 e. The van der Waals surface area contributed by atoms with Crippen molar-refractivity contribution >= 4 is 52.0 Å². The van der Waals surface area contributed by atoms with Gasteiger partial charge in [0.25, 0.3) is 0 Å². The maximum absolute atomic E-state index is 12.8. The zero-order valence-electron chi connectivity index (χ0n) is 20.5.